The van der Waals surface area contributed by atoms with Gasteiger partial charge in [0.2, 0.25) is 0 Å². The van der Waals surface area contributed by atoms with E-state index in [0.717, 1.165) is 6.39 Å². The monoisotopic (exact) mass is 285 g/mol. The highest BCUT2D eigenvalue weighted by Gasteiger charge is 2.21. The Bertz CT molecular complexity index is 532. The van der Waals surface area contributed by atoms with Gasteiger partial charge in [0, 0.05) is 4.47 Å². The second kappa shape index (κ2) is 4.05. The van der Waals surface area contributed by atoms with Crippen LogP contribution in [-0.2, 0) is 0 Å². The van der Waals surface area contributed by atoms with Crippen molar-refractivity contribution >= 4 is 21.9 Å². The number of rotatable bonds is 2. The van der Waals surface area contributed by atoms with E-state index < -0.39 is 11.8 Å². The van der Waals surface area contributed by atoms with Gasteiger partial charge in [0.15, 0.2) is 17.8 Å². The number of hydrogen-bond acceptors (Lipinski definition) is 3. The van der Waals surface area contributed by atoms with Crippen LogP contribution in [-0.4, -0.2) is 16.1 Å². The summed E-state index contributed by atoms with van der Waals surface area (Å²) in [5.74, 6) is -1.94. The van der Waals surface area contributed by atoms with Crippen LogP contribution < -0.4 is 0 Å². The molecule has 82 valence electrons. The van der Waals surface area contributed by atoms with Crippen LogP contribution in [0, 0.1) is 5.82 Å². The molecular formula is C10H5BrFNO3. The van der Waals surface area contributed by atoms with Crippen molar-refractivity contribution in [2.75, 3.05) is 0 Å². The third-order valence-corrected chi connectivity index (χ3v) is 2.62. The van der Waals surface area contributed by atoms with Gasteiger partial charge in [0.1, 0.15) is 5.82 Å². The summed E-state index contributed by atoms with van der Waals surface area (Å²) in [6.07, 6.45) is 0.970. The van der Waals surface area contributed by atoms with Gasteiger partial charge < -0.3 is 9.52 Å². The highest BCUT2D eigenvalue weighted by atomic mass is 79.9. The normalized spacial score (nSPS) is 10.4. The molecule has 0 spiro atoms. The Balaban J connectivity index is 2.68. The standard InChI is InChI=1S/C10H5BrFNO3/c11-5-2-1-3-6(12)7(5)9-8(10(14)15)13-4-16-9/h1-4H,(H,14,15). The Labute approximate surface area is 97.9 Å². The lowest BCUT2D eigenvalue weighted by Crippen LogP contribution is -1.99. The Morgan fingerprint density at radius 3 is 2.88 bits per heavy atom. The zero-order chi connectivity index (χ0) is 11.7. The largest absolute Gasteiger partial charge is 0.476 e. The average Bonchev–Trinajstić information content (AvgIpc) is 2.66. The first-order valence-electron chi connectivity index (χ1n) is 4.22. The molecule has 2 aromatic rings. The van der Waals surface area contributed by atoms with E-state index in [1.165, 1.54) is 12.1 Å². The maximum atomic E-state index is 13.5. The molecule has 0 unspecified atom stereocenters. The van der Waals surface area contributed by atoms with E-state index in [2.05, 4.69) is 20.9 Å². The lowest BCUT2D eigenvalue weighted by atomic mass is 10.1. The summed E-state index contributed by atoms with van der Waals surface area (Å²) in [7, 11) is 0. The SMILES string of the molecule is O=C(O)c1ncoc1-c1c(F)cccc1Br. The fourth-order valence-corrected chi connectivity index (χ4v) is 1.81. The van der Waals surface area contributed by atoms with E-state index in [1.54, 1.807) is 6.07 Å². The summed E-state index contributed by atoms with van der Waals surface area (Å²) in [6.45, 7) is 0. The summed E-state index contributed by atoms with van der Waals surface area (Å²) < 4.78 is 18.9. The predicted molar refractivity (Wildman–Crippen MR) is 56.6 cm³/mol. The van der Waals surface area contributed by atoms with E-state index in [-0.39, 0.29) is 17.0 Å². The molecule has 6 heteroatoms. The first kappa shape index (κ1) is 10.8. The van der Waals surface area contributed by atoms with Gasteiger partial charge in [0.25, 0.3) is 0 Å². The molecule has 0 aliphatic carbocycles. The smallest absolute Gasteiger partial charge is 0.358 e. The van der Waals surface area contributed by atoms with Gasteiger partial charge in [-0.2, -0.15) is 0 Å². The fraction of sp³-hybridized carbons (Fsp3) is 0. The van der Waals surface area contributed by atoms with Crippen LogP contribution in [0.15, 0.2) is 33.5 Å². The molecule has 16 heavy (non-hydrogen) atoms. The van der Waals surface area contributed by atoms with Gasteiger partial charge in [-0.25, -0.2) is 14.2 Å². The maximum Gasteiger partial charge on any atom is 0.358 e. The molecule has 0 saturated carbocycles. The number of oxazole rings is 1. The molecule has 0 bridgehead atoms. The number of aromatic carboxylic acids is 1. The first-order chi connectivity index (χ1) is 7.61. The lowest BCUT2D eigenvalue weighted by Gasteiger charge is -2.02. The molecule has 0 atom stereocenters. The molecule has 1 aromatic heterocycles. The van der Waals surface area contributed by atoms with Gasteiger partial charge >= 0.3 is 5.97 Å². The summed E-state index contributed by atoms with van der Waals surface area (Å²) in [6, 6.07) is 4.31. The van der Waals surface area contributed by atoms with Crippen LogP contribution in [0.4, 0.5) is 4.39 Å². The molecule has 0 aliphatic rings. The van der Waals surface area contributed by atoms with E-state index in [9.17, 15) is 9.18 Å². The molecular weight excluding hydrogens is 281 g/mol. The molecule has 1 heterocycles. The quantitative estimate of drug-likeness (QED) is 0.921. The van der Waals surface area contributed by atoms with E-state index in [1.807, 2.05) is 0 Å². The molecule has 1 aromatic carbocycles. The lowest BCUT2D eigenvalue weighted by molar-refractivity contribution is 0.0691. The van der Waals surface area contributed by atoms with Gasteiger partial charge in [-0.3, -0.25) is 0 Å². The third-order valence-electron chi connectivity index (χ3n) is 1.96. The molecule has 0 radical (unpaired) electrons. The minimum atomic E-state index is -1.26. The number of carbonyl (C=O) groups is 1. The van der Waals surface area contributed by atoms with Crippen molar-refractivity contribution in [2.24, 2.45) is 0 Å². The Morgan fingerprint density at radius 2 is 2.25 bits per heavy atom. The molecule has 0 aliphatic heterocycles. The van der Waals surface area contributed by atoms with Gasteiger partial charge in [0.05, 0.1) is 5.56 Å². The zero-order valence-electron chi connectivity index (χ0n) is 7.78. The summed E-state index contributed by atoms with van der Waals surface area (Å²) in [5, 5.41) is 8.84. The van der Waals surface area contributed by atoms with Crippen LogP contribution in [0.1, 0.15) is 10.5 Å². The minimum absolute atomic E-state index is 0.0531. The molecule has 0 amide bonds. The van der Waals surface area contributed by atoms with Crippen molar-refractivity contribution in [1.82, 2.24) is 4.98 Å². The summed E-state index contributed by atoms with van der Waals surface area (Å²) >= 11 is 3.13. The second-order valence-electron chi connectivity index (χ2n) is 2.93. The second-order valence-corrected chi connectivity index (χ2v) is 3.79. The molecule has 0 saturated heterocycles. The molecule has 0 fully saturated rings. The number of nitrogens with zero attached hydrogens (tertiary/aromatic N) is 1. The van der Waals surface area contributed by atoms with Crippen molar-refractivity contribution < 1.29 is 18.7 Å². The van der Waals surface area contributed by atoms with Crippen molar-refractivity contribution in [3.05, 3.63) is 40.6 Å². The average molecular weight is 286 g/mol. The maximum absolute atomic E-state index is 13.5. The highest BCUT2D eigenvalue weighted by molar-refractivity contribution is 9.10. The predicted octanol–water partition coefficient (Wildman–Crippen LogP) is 2.94. The van der Waals surface area contributed by atoms with Gasteiger partial charge in [-0.05, 0) is 28.1 Å². The number of aromatic nitrogens is 1. The fourth-order valence-electron chi connectivity index (χ4n) is 1.29. The number of benzene rings is 1. The zero-order valence-corrected chi connectivity index (χ0v) is 9.36. The molecule has 2 rings (SSSR count). The molecule has 1 N–H and O–H groups in total. The Kier molecular flexibility index (Phi) is 2.74. The number of halogens is 2. The third kappa shape index (κ3) is 1.71. The van der Waals surface area contributed by atoms with Crippen LogP contribution in [0.3, 0.4) is 0 Å². The first-order valence-corrected chi connectivity index (χ1v) is 5.01. The topological polar surface area (TPSA) is 63.3 Å². The van der Waals surface area contributed by atoms with E-state index >= 15 is 0 Å². The van der Waals surface area contributed by atoms with Gasteiger partial charge in [-0.1, -0.05) is 6.07 Å². The van der Waals surface area contributed by atoms with Crippen LogP contribution in [0.5, 0.6) is 0 Å². The Morgan fingerprint density at radius 1 is 1.50 bits per heavy atom. The molecule has 4 nitrogen and oxygen atoms in total. The van der Waals surface area contributed by atoms with Crippen molar-refractivity contribution in [3.63, 3.8) is 0 Å². The van der Waals surface area contributed by atoms with E-state index in [4.69, 9.17) is 9.52 Å². The minimum Gasteiger partial charge on any atom is -0.476 e. The van der Waals surface area contributed by atoms with Crippen LogP contribution in [0.2, 0.25) is 0 Å². The number of hydrogen-bond donors (Lipinski definition) is 1. The van der Waals surface area contributed by atoms with Crippen molar-refractivity contribution in [3.8, 4) is 11.3 Å². The Hall–Kier alpha value is -1.69. The van der Waals surface area contributed by atoms with Crippen LogP contribution >= 0.6 is 15.9 Å². The summed E-state index contributed by atoms with van der Waals surface area (Å²) in [5.41, 5.74) is -0.261. The van der Waals surface area contributed by atoms with Crippen molar-refractivity contribution in [1.29, 1.82) is 0 Å². The highest BCUT2D eigenvalue weighted by Crippen LogP contribution is 2.32. The van der Waals surface area contributed by atoms with E-state index in [0.29, 0.717) is 4.47 Å². The van der Waals surface area contributed by atoms with Crippen molar-refractivity contribution in [2.45, 2.75) is 0 Å². The van der Waals surface area contributed by atoms with Crippen LogP contribution in [0.25, 0.3) is 11.3 Å². The number of carboxylic acids is 1. The number of carboxylic acid groups (broad SMARTS) is 1. The van der Waals surface area contributed by atoms with Gasteiger partial charge in [-0.15, -0.1) is 0 Å². The summed E-state index contributed by atoms with van der Waals surface area (Å²) in [4.78, 5) is 14.3.